The van der Waals surface area contributed by atoms with Crippen LogP contribution in [0.3, 0.4) is 0 Å². The van der Waals surface area contributed by atoms with E-state index >= 15 is 0 Å². The zero-order valence-corrected chi connectivity index (χ0v) is 11.1. The summed E-state index contributed by atoms with van der Waals surface area (Å²) < 4.78 is 7.50. The molecule has 0 N–H and O–H groups in total. The van der Waals surface area contributed by atoms with Crippen molar-refractivity contribution in [2.24, 2.45) is 0 Å². The standard InChI is InChI=1S/C13H21N3O2/c1-3-6-16-7-5-14-13(16)12(17)11-10-15(4-2)8-9-18-11/h5,7,11H,3-4,6,8-10H2,1-2H3. The van der Waals surface area contributed by atoms with Gasteiger partial charge in [-0.1, -0.05) is 13.8 Å². The Bertz CT molecular complexity index is 403. The van der Waals surface area contributed by atoms with E-state index in [0.717, 1.165) is 26.1 Å². The first-order valence-corrected chi connectivity index (χ1v) is 6.65. The van der Waals surface area contributed by atoms with Crippen molar-refractivity contribution in [1.82, 2.24) is 14.5 Å². The van der Waals surface area contributed by atoms with E-state index in [1.165, 1.54) is 0 Å². The molecule has 1 aromatic rings. The zero-order valence-electron chi connectivity index (χ0n) is 11.1. The lowest BCUT2D eigenvalue weighted by molar-refractivity contribution is -0.0155. The van der Waals surface area contributed by atoms with Crippen LogP contribution < -0.4 is 0 Å². The van der Waals surface area contributed by atoms with E-state index in [9.17, 15) is 4.79 Å². The Morgan fingerprint density at radius 1 is 1.56 bits per heavy atom. The highest BCUT2D eigenvalue weighted by atomic mass is 16.5. The number of rotatable bonds is 5. The summed E-state index contributed by atoms with van der Waals surface area (Å²) in [5.74, 6) is 0.534. The van der Waals surface area contributed by atoms with E-state index in [-0.39, 0.29) is 11.9 Å². The maximum Gasteiger partial charge on any atom is 0.228 e. The third-order valence-corrected chi connectivity index (χ3v) is 3.29. The number of ketones is 1. The van der Waals surface area contributed by atoms with Crippen LogP contribution in [0.5, 0.6) is 0 Å². The zero-order chi connectivity index (χ0) is 13.0. The smallest absolute Gasteiger partial charge is 0.228 e. The average Bonchev–Trinajstić information content (AvgIpc) is 2.86. The number of carbonyl (C=O) groups is 1. The summed E-state index contributed by atoms with van der Waals surface area (Å²) in [6.07, 6.45) is 4.17. The Hall–Kier alpha value is -1.20. The molecule has 0 aromatic carbocycles. The van der Waals surface area contributed by atoms with Gasteiger partial charge in [0, 0.05) is 32.0 Å². The molecule has 2 heterocycles. The summed E-state index contributed by atoms with van der Waals surface area (Å²) in [4.78, 5) is 18.8. The number of morpholine rings is 1. The van der Waals surface area contributed by atoms with Gasteiger partial charge in [-0.3, -0.25) is 9.69 Å². The van der Waals surface area contributed by atoms with E-state index in [4.69, 9.17) is 4.74 Å². The minimum absolute atomic E-state index is 0.00611. The molecule has 0 radical (unpaired) electrons. The first-order valence-electron chi connectivity index (χ1n) is 6.65. The Labute approximate surface area is 108 Å². The summed E-state index contributed by atoms with van der Waals surface area (Å²) in [6.45, 7) is 8.17. The van der Waals surface area contributed by atoms with Crippen LogP contribution in [0.1, 0.15) is 30.9 Å². The van der Waals surface area contributed by atoms with Crippen LogP contribution in [0.4, 0.5) is 0 Å². The molecule has 1 aliphatic rings. The van der Waals surface area contributed by atoms with Crippen LogP contribution in [0.2, 0.25) is 0 Å². The van der Waals surface area contributed by atoms with Crippen molar-refractivity contribution in [2.45, 2.75) is 32.9 Å². The van der Waals surface area contributed by atoms with Crippen LogP contribution in [0.25, 0.3) is 0 Å². The van der Waals surface area contributed by atoms with Crippen molar-refractivity contribution in [3.8, 4) is 0 Å². The molecule has 0 bridgehead atoms. The first-order chi connectivity index (χ1) is 8.76. The van der Waals surface area contributed by atoms with Crippen molar-refractivity contribution in [3.05, 3.63) is 18.2 Å². The molecule has 2 rings (SSSR count). The predicted octanol–water partition coefficient (Wildman–Crippen LogP) is 1.20. The van der Waals surface area contributed by atoms with E-state index < -0.39 is 0 Å². The van der Waals surface area contributed by atoms with Crippen LogP contribution in [0, 0.1) is 0 Å². The molecule has 0 aliphatic carbocycles. The van der Waals surface area contributed by atoms with Gasteiger partial charge in [-0.2, -0.15) is 0 Å². The lowest BCUT2D eigenvalue weighted by atomic mass is 10.1. The van der Waals surface area contributed by atoms with Gasteiger partial charge < -0.3 is 9.30 Å². The minimum Gasteiger partial charge on any atom is -0.367 e. The molecule has 5 heteroatoms. The molecule has 0 amide bonds. The SMILES string of the molecule is CCCn1ccnc1C(=O)C1CN(CC)CCO1. The highest BCUT2D eigenvalue weighted by Crippen LogP contribution is 2.11. The maximum atomic E-state index is 12.4. The molecule has 5 nitrogen and oxygen atoms in total. The maximum absolute atomic E-state index is 12.4. The second-order valence-corrected chi connectivity index (χ2v) is 4.56. The van der Waals surface area contributed by atoms with Gasteiger partial charge >= 0.3 is 0 Å². The number of nitrogens with zero attached hydrogens (tertiary/aromatic N) is 3. The Morgan fingerprint density at radius 3 is 3.11 bits per heavy atom. The molecular weight excluding hydrogens is 230 g/mol. The molecule has 0 spiro atoms. The fourth-order valence-electron chi connectivity index (χ4n) is 2.25. The summed E-state index contributed by atoms with van der Waals surface area (Å²) in [7, 11) is 0. The molecule has 1 aliphatic heterocycles. The van der Waals surface area contributed by atoms with Gasteiger partial charge in [0.25, 0.3) is 0 Å². The molecular formula is C13H21N3O2. The van der Waals surface area contributed by atoms with Crippen molar-refractivity contribution in [3.63, 3.8) is 0 Å². The topological polar surface area (TPSA) is 47.4 Å². The highest BCUT2D eigenvalue weighted by Gasteiger charge is 2.29. The number of imidazole rings is 1. The number of aryl methyl sites for hydroxylation is 1. The molecule has 0 saturated carbocycles. The number of aromatic nitrogens is 2. The van der Waals surface area contributed by atoms with E-state index in [0.29, 0.717) is 19.0 Å². The molecule has 18 heavy (non-hydrogen) atoms. The molecule has 1 unspecified atom stereocenters. The fraction of sp³-hybridized carbons (Fsp3) is 0.692. The van der Waals surface area contributed by atoms with Crippen LogP contribution >= 0.6 is 0 Å². The minimum atomic E-state index is -0.364. The van der Waals surface area contributed by atoms with E-state index in [1.807, 2.05) is 10.8 Å². The number of hydrogen-bond acceptors (Lipinski definition) is 4. The van der Waals surface area contributed by atoms with Gasteiger partial charge in [0.15, 0.2) is 5.82 Å². The molecule has 1 fully saturated rings. The van der Waals surface area contributed by atoms with Gasteiger partial charge in [-0.05, 0) is 13.0 Å². The fourth-order valence-corrected chi connectivity index (χ4v) is 2.25. The normalized spacial score (nSPS) is 21.1. The van der Waals surface area contributed by atoms with Gasteiger partial charge in [0.05, 0.1) is 6.61 Å². The van der Waals surface area contributed by atoms with Crippen molar-refractivity contribution in [2.75, 3.05) is 26.2 Å². The summed E-state index contributed by atoms with van der Waals surface area (Å²) >= 11 is 0. The monoisotopic (exact) mass is 251 g/mol. The lowest BCUT2D eigenvalue weighted by Crippen LogP contribution is -2.46. The second kappa shape index (κ2) is 6.11. The third kappa shape index (κ3) is 2.79. The van der Waals surface area contributed by atoms with Crippen molar-refractivity contribution < 1.29 is 9.53 Å². The average molecular weight is 251 g/mol. The number of likely N-dealkylation sites (N-methyl/N-ethyl adjacent to an activating group) is 1. The Balaban J connectivity index is 2.08. The summed E-state index contributed by atoms with van der Waals surface area (Å²) in [5, 5.41) is 0. The highest BCUT2D eigenvalue weighted by molar-refractivity contribution is 5.96. The van der Waals surface area contributed by atoms with Gasteiger partial charge in [0.2, 0.25) is 5.78 Å². The number of ether oxygens (including phenoxy) is 1. The van der Waals surface area contributed by atoms with Gasteiger partial charge in [-0.25, -0.2) is 4.98 Å². The Morgan fingerprint density at radius 2 is 2.39 bits per heavy atom. The number of hydrogen-bond donors (Lipinski definition) is 0. The number of carbonyl (C=O) groups excluding carboxylic acids is 1. The van der Waals surface area contributed by atoms with Crippen molar-refractivity contribution >= 4 is 5.78 Å². The van der Waals surface area contributed by atoms with Crippen LogP contribution in [0.15, 0.2) is 12.4 Å². The van der Waals surface area contributed by atoms with Crippen LogP contribution in [-0.4, -0.2) is 52.6 Å². The van der Waals surface area contributed by atoms with E-state index in [2.05, 4.69) is 23.7 Å². The Kier molecular flexibility index (Phi) is 4.49. The summed E-state index contributed by atoms with van der Waals surface area (Å²) in [6, 6.07) is 0. The van der Waals surface area contributed by atoms with Crippen LogP contribution in [-0.2, 0) is 11.3 Å². The summed E-state index contributed by atoms with van der Waals surface area (Å²) in [5.41, 5.74) is 0. The molecule has 1 atom stereocenters. The predicted molar refractivity (Wildman–Crippen MR) is 68.7 cm³/mol. The largest absolute Gasteiger partial charge is 0.367 e. The molecule has 1 saturated heterocycles. The van der Waals surface area contributed by atoms with E-state index in [1.54, 1.807) is 6.20 Å². The lowest BCUT2D eigenvalue weighted by Gasteiger charge is -2.30. The molecule has 100 valence electrons. The first kappa shape index (κ1) is 13.2. The van der Waals surface area contributed by atoms with Gasteiger partial charge in [0.1, 0.15) is 6.10 Å². The van der Waals surface area contributed by atoms with Crippen molar-refractivity contribution in [1.29, 1.82) is 0 Å². The number of Topliss-reactive ketones (excluding diaryl/α,β-unsaturated/α-hetero) is 1. The van der Waals surface area contributed by atoms with Gasteiger partial charge in [-0.15, -0.1) is 0 Å². The second-order valence-electron chi connectivity index (χ2n) is 4.56. The molecule has 1 aromatic heterocycles. The third-order valence-electron chi connectivity index (χ3n) is 3.29. The quantitative estimate of drug-likeness (QED) is 0.738.